The Balaban J connectivity index is 1.78. The van der Waals surface area contributed by atoms with E-state index in [1.807, 2.05) is 0 Å². The molecule has 104 valence electrons. The highest BCUT2D eigenvalue weighted by atomic mass is 16.5. The Labute approximate surface area is 115 Å². The number of rotatable bonds is 2. The molecule has 1 unspecified atom stereocenters. The summed E-state index contributed by atoms with van der Waals surface area (Å²) in [6, 6.07) is 6.60. The molecule has 3 amide bonds. The second-order valence-electron chi connectivity index (χ2n) is 4.80. The highest BCUT2D eigenvalue weighted by molar-refractivity contribution is 6.22. The zero-order valence-corrected chi connectivity index (χ0v) is 11.0. The van der Waals surface area contributed by atoms with Crippen molar-refractivity contribution in [3.05, 3.63) is 35.4 Å². The van der Waals surface area contributed by atoms with Crippen LogP contribution >= 0.6 is 0 Å². The van der Waals surface area contributed by atoms with Crippen LogP contribution < -0.4 is 0 Å². The number of ether oxygens (including phenoxy) is 1. The van der Waals surface area contributed by atoms with Gasteiger partial charge in [-0.2, -0.15) is 0 Å². The number of hydrogen-bond donors (Lipinski definition) is 0. The first-order valence-corrected chi connectivity index (χ1v) is 6.46. The molecule has 1 aromatic rings. The Bertz CT molecular complexity index is 564. The van der Waals surface area contributed by atoms with Gasteiger partial charge in [0.05, 0.1) is 17.7 Å². The minimum Gasteiger partial charge on any atom is -0.357 e. The predicted molar refractivity (Wildman–Crippen MR) is 68.9 cm³/mol. The van der Waals surface area contributed by atoms with Gasteiger partial charge in [0.25, 0.3) is 11.8 Å². The van der Waals surface area contributed by atoms with Crippen LogP contribution in [0.3, 0.4) is 0 Å². The molecule has 0 bridgehead atoms. The van der Waals surface area contributed by atoms with Crippen molar-refractivity contribution in [3.63, 3.8) is 0 Å². The zero-order chi connectivity index (χ0) is 14.3. The van der Waals surface area contributed by atoms with Crippen molar-refractivity contribution in [2.45, 2.75) is 13.2 Å². The molecule has 6 heteroatoms. The molecule has 0 N–H and O–H groups in total. The molecule has 1 atom stereocenters. The fourth-order valence-corrected chi connectivity index (χ4v) is 2.53. The third kappa shape index (κ3) is 1.89. The van der Waals surface area contributed by atoms with E-state index in [4.69, 9.17) is 4.74 Å². The summed E-state index contributed by atoms with van der Waals surface area (Å²) in [5.41, 5.74) is 0.715. The molecule has 0 saturated carbocycles. The SMILES string of the molecule is CC1OCCN1C(=O)CN1C(=O)c2ccccc2C1=O. The third-order valence-corrected chi connectivity index (χ3v) is 3.62. The number of imide groups is 1. The maximum Gasteiger partial charge on any atom is 0.262 e. The lowest BCUT2D eigenvalue weighted by Crippen LogP contribution is -2.44. The Kier molecular flexibility index (Phi) is 3.02. The van der Waals surface area contributed by atoms with Gasteiger partial charge < -0.3 is 9.64 Å². The topological polar surface area (TPSA) is 66.9 Å². The molecule has 1 aromatic carbocycles. The minimum atomic E-state index is -0.410. The Hall–Kier alpha value is -2.21. The van der Waals surface area contributed by atoms with Crippen molar-refractivity contribution in [2.75, 3.05) is 19.7 Å². The number of hydrogen-bond acceptors (Lipinski definition) is 4. The lowest BCUT2D eigenvalue weighted by atomic mass is 10.1. The molecule has 1 fully saturated rings. The third-order valence-electron chi connectivity index (χ3n) is 3.62. The summed E-state index contributed by atoms with van der Waals surface area (Å²) < 4.78 is 5.28. The van der Waals surface area contributed by atoms with Gasteiger partial charge >= 0.3 is 0 Å². The van der Waals surface area contributed by atoms with E-state index in [1.165, 1.54) is 4.90 Å². The first-order valence-electron chi connectivity index (χ1n) is 6.46. The molecule has 3 rings (SSSR count). The fraction of sp³-hybridized carbons (Fsp3) is 0.357. The summed E-state index contributed by atoms with van der Waals surface area (Å²) >= 11 is 0. The van der Waals surface area contributed by atoms with Gasteiger partial charge in [-0.3, -0.25) is 19.3 Å². The molecule has 2 aliphatic heterocycles. The first kappa shape index (κ1) is 12.8. The Morgan fingerprint density at radius 2 is 1.85 bits per heavy atom. The second-order valence-corrected chi connectivity index (χ2v) is 4.80. The fourth-order valence-electron chi connectivity index (χ4n) is 2.53. The van der Waals surface area contributed by atoms with E-state index < -0.39 is 11.8 Å². The van der Waals surface area contributed by atoms with E-state index in [0.717, 1.165) is 4.90 Å². The van der Waals surface area contributed by atoms with Crippen LogP contribution in [-0.2, 0) is 9.53 Å². The van der Waals surface area contributed by atoms with Crippen molar-refractivity contribution in [1.82, 2.24) is 9.80 Å². The van der Waals surface area contributed by atoms with Crippen LogP contribution in [0.4, 0.5) is 0 Å². The molecule has 0 spiro atoms. The van der Waals surface area contributed by atoms with Gasteiger partial charge in [0.1, 0.15) is 12.8 Å². The number of amides is 3. The summed E-state index contributed by atoms with van der Waals surface area (Å²) in [4.78, 5) is 39.0. The van der Waals surface area contributed by atoms with Gasteiger partial charge in [0, 0.05) is 6.54 Å². The van der Waals surface area contributed by atoms with Gasteiger partial charge in [-0.05, 0) is 19.1 Å². The Morgan fingerprint density at radius 3 is 2.35 bits per heavy atom. The van der Waals surface area contributed by atoms with Gasteiger partial charge in [0.2, 0.25) is 5.91 Å². The molecule has 0 aromatic heterocycles. The van der Waals surface area contributed by atoms with E-state index >= 15 is 0 Å². The van der Waals surface area contributed by atoms with E-state index in [0.29, 0.717) is 24.3 Å². The summed E-state index contributed by atoms with van der Waals surface area (Å²) in [6.45, 7) is 2.51. The first-order chi connectivity index (χ1) is 9.59. The van der Waals surface area contributed by atoms with Crippen LogP contribution in [0.5, 0.6) is 0 Å². The van der Waals surface area contributed by atoms with Gasteiger partial charge in [0.15, 0.2) is 0 Å². The van der Waals surface area contributed by atoms with E-state index in [1.54, 1.807) is 31.2 Å². The number of benzene rings is 1. The lowest BCUT2D eigenvalue weighted by molar-refractivity contribution is -0.135. The van der Waals surface area contributed by atoms with Gasteiger partial charge in [-0.1, -0.05) is 12.1 Å². The second kappa shape index (κ2) is 4.72. The molecule has 0 aliphatic carbocycles. The molecule has 2 aliphatic rings. The van der Waals surface area contributed by atoms with Crippen LogP contribution in [-0.4, -0.2) is 53.4 Å². The summed E-state index contributed by atoms with van der Waals surface area (Å²) in [6.07, 6.45) is -0.308. The van der Waals surface area contributed by atoms with Crippen molar-refractivity contribution < 1.29 is 19.1 Å². The molecule has 6 nitrogen and oxygen atoms in total. The van der Waals surface area contributed by atoms with E-state index in [-0.39, 0.29) is 18.7 Å². The van der Waals surface area contributed by atoms with Crippen LogP contribution in [0.1, 0.15) is 27.6 Å². The van der Waals surface area contributed by atoms with Crippen LogP contribution in [0.25, 0.3) is 0 Å². The highest BCUT2D eigenvalue weighted by Gasteiger charge is 2.38. The number of carbonyl (C=O) groups is 3. The normalized spacial score (nSPS) is 21.6. The van der Waals surface area contributed by atoms with Crippen molar-refractivity contribution in [2.24, 2.45) is 0 Å². The zero-order valence-electron chi connectivity index (χ0n) is 11.0. The molecular formula is C14H14N2O4. The van der Waals surface area contributed by atoms with Crippen molar-refractivity contribution in [1.29, 1.82) is 0 Å². The van der Waals surface area contributed by atoms with Crippen LogP contribution in [0.15, 0.2) is 24.3 Å². The highest BCUT2D eigenvalue weighted by Crippen LogP contribution is 2.22. The summed E-state index contributed by atoms with van der Waals surface area (Å²) in [5, 5.41) is 0. The average molecular weight is 274 g/mol. The summed E-state index contributed by atoms with van der Waals surface area (Å²) in [7, 11) is 0. The smallest absolute Gasteiger partial charge is 0.262 e. The van der Waals surface area contributed by atoms with E-state index in [9.17, 15) is 14.4 Å². The molecule has 1 saturated heterocycles. The summed E-state index contributed by atoms with van der Waals surface area (Å²) in [5.74, 6) is -1.09. The van der Waals surface area contributed by atoms with Gasteiger partial charge in [-0.15, -0.1) is 0 Å². The maximum atomic E-state index is 12.2. The van der Waals surface area contributed by atoms with Crippen molar-refractivity contribution >= 4 is 17.7 Å². The Morgan fingerprint density at radius 1 is 1.25 bits per heavy atom. The predicted octanol–water partition coefficient (Wildman–Crippen LogP) is 0.487. The number of carbonyl (C=O) groups excluding carboxylic acids is 3. The number of nitrogens with zero attached hydrogens (tertiary/aromatic N) is 2. The maximum absolute atomic E-state index is 12.2. The van der Waals surface area contributed by atoms with Crippen molar-refractivity contribution in [3.8, 4) is 0 Å². The largest absolute Gasteiger partial charge is 0.357 e. The minimum absolute atomic E-state index is 0.236. The van der Waals surface area contributed by atoms with Crippen LogP contribution in [0, 0.1) is 0 Å². The average Bonchev–Trinajstić information content (AvgIpc) is 2.97. The molecule has 2 heterocycles. The molecular weight excluding hydrogens is 260 g/mol. The van der Waals surface area contributed by atoms with E-state index in [2.05, 4.69) is 0 Å². The monoisotopic (exact) mass is 274 g/mol. The standard InChI is InChI=1S/C14H14N2O4/c1-9-15(6-7-20-9)12(17)8-16-13(18)10-4-2-3-5-11(10)14(16)19/h2-5,9H,6-8H2,1H3. The molecule has 0 radical (unpaired) electrons. The molecule has 20 heavy (non-hydrogen) atoms. The quantitative estimate of drug-likeness (QED) is 0.736. The number of fused-ring (bicyclic) bond motifs is 1. The van der Waals surface area contributed by atoms with Crippen LogP contribution in [0.2, 0.25) is 0 Å². The lowest BCUT2D eigenvalue weighted by Gasteiger charge is -2.22. The van der Waals surface area contributed by atoms with Gasteiger partial charge in [-0.25, -0.2) is 0 Å².